The van der Waals surface area contributed by atoms with E-state index in [4.69, 9.17) is 0 Å². The Balaban J connectivity index is 1.10. The molecule has 70 heavy (non-hydrogen) atoms. The number of nitrogens with zero attached hydrogens (tertiary/aromatic N) is 2. The lowest BCUT2D eigenvalue weighted by Crippen LogP contribution is -2.60. The van der Waals surface area contributed by atoms with E-state index in [9.17, 15) is 0 Å². The van der Waals surface area contributed by atoms with Gasteiger partial charge in [-0.15, -0.1) is 11.3 Å². The summed E-state index contributed by atoms with van der Waals surface area (Å²) in [6.45, 7) is 14.0. The third kappa shape index (κ3) is 6.83. The van der Waals surface area contributed by atoms with E-state index in [0.717, 1.165) is 11.4 Å². The number of rotatable bonds is 5. The van der Waals surface area contributed by atoms with Crippen molar-refractivity contribution in [3.63, 3.8) is 0 Å². The molecule has 0 amide bonds. The number of thiophene rings is 1. The largest absolute Gasteiger partial charge is 0.311 e. The summed E-state index contributed by atoms with van der Waals surface area (Å²) in [4.78, 5) is 5.20. The first kappa shape index (κ1) is 42.4. The summed E-state index contributed by atoms with van der Waals surface area (Å²) in [5, 5.41) is 6.36. The Hall–Kier alpha value is -7.66. The van der Waals surface area contributed by atoms with Crippen molar-refractivity contribution in [2.45, 2.75) is 52.4 Å². The summed E-state index contributed by atoms with van der Waals surface area (Å²) in [5.74, 6) is 0. The van der Waals surface area contributed by atoms with Crippen molar-refractivity contribution in [1.29, 1.82) is 0 Å². The monoisotopic (exact) mass is 916 g/mol. The molecule has 2 aliphatic heterocycles. The van der Waals surface area contributed by atoms with Crippen LogP contribution in [0.3, 0.4) is 0 Å². The van der Waals surface area contributed by atoms with E-state index in [0.29, 0.717) is 0 Å². The number of anilines is 6. The summed E-state index contributed by atoms with van der Waals surface area (Å²) < 4.78 is 2.70. The molecule has 11 aromatic rings. The summed E-state index contributed by atoms with van der Waals surface area (Å²) in [7, 11) is 0. The molecule has 0 saturated heterocycles. The first-order chi connectivity index (χ1) is 34.0. The van der Waals surface area contributed by atoms with Crippen LogP contribution in [0.2, 0.25) is 0 Å². The van der Waals surface area contributed by atoms with E-state index in [1.54, 1.807) is 0 Å². The molecule has 10 aromatic carbocycles. The number of hydrogen-bond acceptors (Lipinski definition) is 3. The molecule has 0 bridgehead atoms. The number of hydrogen-bond donors (Lipinski definition) is 0. The molecule has 13 rings (SSSR count). The molecule has 2 nitrogen and oxygen atoms in total. The van der Waals surface area contributed by atoms with E-state index in [1.807, 2.05) is 11.3 Å². The van der Waals surface area contributed by atoms with Gasteiger partial charge >= 0.3 is 0 Å². The average molecular weight is 917 g/mol. The minimum atomic E-state index is -0.0568. The molecule has 0 saturated carbocycles. The van der Waals surface area contributed by atoms with Crippen molar-refractivity contribution >= 4 is 99.5 Å². The Kier molecular flexibility index (Phi) is 9.67. The first-order valence-corrected chi connectivity index (χ1v) is 25.5. The predicted octanol–water partition coefficient (Wildman–Crippen LogP) is 16.9. The maximum Gasteiger partial charge on any atom is 0.264 e. The molecular formula is C66H53BN2S. The normalized spacial score (nSPS) is 13.2. The molecule has 0 aliphatic carbocycles. The molecule has 0 fully saturated rings. The highest BCUT2D eigenvalue weighted by Crippen LogP contribution is 2.51. The van der Waals surface area contributed by atoms with Gasteiger partial charge in [-0.1, -0.05) is 193 Å². The van der Waals surface area contributed by atoms with Crippen LogP contribution in [0, 0.1) is 0 Å². The maximum atomic E-state index is 2.61. The lowest BCUT2D eigenvalue weighted by Gasteiger charge is -2.44. The van der Waals surface area contributed by atoms with Crippen molar-refractivity contribution < 1.29 is 0 Å². The predicted molar refractivity (Wildman–Crippen MR) is 305 cm³/mol. The van der Waals surface area contributed by atoms with E-state index < -0.39 is 0 Å². The van der Waals surface area contributed by atoms with Crippen molar-refractivity contribution in [3.8, 4) is 33.4 Å². The van der Waals surface area contributed by atoms with E-state index >= 15 is 0 Å². The zero-order chi connectivity index (χ0) is 47.5. The Bertz CT molecular complexity index is 3790. The fourth-order valence-corrected chi connectivity index (χ4v) is 12.6. The molecule has 0 unspecified atom stereocenters. The Morgan fingerprint density at radius 1 is 0.386 bits per heavy atom. The molecule has 0 N–H and O–H groups in total. The summed E-state index contributed by atoms with van der Waals surface area (Å²) in [5.41, 5.74) is 19.8. The van der Waals surface area contributed by atoms with Gasteiger partial charge in [0.2, 0.25) is 0 Å². The highest BCUT2D eigenvalue weighted by molar-refractivity contribution is 7.33. The highest BCUT2D eigenvalue weighted by Gasteiger charge is 2.46. The fraction of sp³-hybridized carbons (Fsp3) is 0.121. The van der Waals surface area contributed by atoms with Crippen molar-refractivity contribution in [3.05, 3.63) is 223 Å². The number of fused-ring (bicyclic) bond motifs is 8. The van der Waals surface area contributed by atoms with Crippen LogP contribution in [0.4, 0.5) is 34.1 Å². The van der Waals surface area contributed by atoms with Gasteiger partial charge in [0.25, 0.3) is 6.71 Å². The van der Waals surface area contributed by atoms with Gasteiger partial charge in [0.1, 0.15) is 0 Å². The summed E-state index contributed by atoms with van der Waals surface area (Å²) in [6, 6.07) is 79.9. The lowest BCUT2D eigenvalue weighted by molar-refractivity contribution is 0.590. The van der Waals surface area contributed by atoms with E-state index in [-0.39, 0.29) is 17.5 Å². The second-order valence-corrected chi connectivity index (χ2v) is 22.4. The minimum absolute atomic E-state index is 0.0110. The maximum absolute atomic E-state index is 2.61. The molecule has 1 aromatic heterocycles. The van der Waals surface area contributed by atoms with Crippen LogP contribution < -0.4 is 25.5 Å². The molecular weight excluding hydrogens is 864 g/mol. The van der Waals surface area contributed by atoms with Gasteiger partial charge in [-0.3, -0.25) is 0 Å². The number of benzene rings is 10. The van der Waals surface area contributed by atoms with Crippen LogP contribution in [-0.2, 0) is 10.8 Å². The minimum Gasteiger partial charge on any atom is -0.311 e. The molecule has 0 atom stereocenters. The third-order valence-corrected chi connectivity index (χ3v) is 16.1. The smallest absolute Gasteiger partial charge is 0.264 e. The molecule has 0 spiro atoms. The second kappa shape index (κ2) is 16.0. The van der Waals surface area contributed by atoms with Gasteiger partial charge in [-0.05, 0) is 148 Å². The van der Waals surface area contributed by atoms with Crippen molar-refractivity contribution in [2.24, 2.45) is 0 Å². The Labute approximate surface area is 416 Å². The first-order valence-electron chi connectivity index (χ1n) is 24.7. The third-order valence-electron chi connectivity index (χ3n) is 14.9. The Morgan fingerprint density at radius 2 is 0.886 bits per heavy atom. The van der Waals surface area contributed by atoms with Crippen LogP contribution in [0.1, 0.15) is 52.7 Å². The van der Waals surface area contributed by atoms with E-state index in [2.05, 4.69) is 264 Å². The van der Waals surface area contributed by atoms with Crippen LogP contribution >= 0.6 is 11.3 Å². The lowest BCUT2D eigenvalue weighted by atomic mass is 9.36. The molecule has 4 heteroatoms. The van der Waals surface area contributed by atoms with Crippen LogP contribution in [0.15, 0.2) is 212 Å². The van der Waals surface area contributed by atoms with Crippen LogP contribution in [0.25, 0.3) is 65.0 Å². The van der Waals surface area contributed by atoms with Gasteiger partial charge in [-0.2, -0.15) is 0 Å². The summed E-state index contributed by atoms with van der Waals surface area (Å²) in [6.07, 6.45) is 0. The molecule has 0 radical (unpaired) electrons. The SMILES string of the molecule is CC(C)(C)c1ccc2c(c1)N(c1ccc(-c3c4ccccc4cc4ccccc34)cc1)c1cc(-c3ccccc3)cc3c1B2c1sc2ccc(C(C)(C)C)cc2c1N3c1ccc(-c2ccccc2)cc1. The van der Waals surface area contributed by atoms with E-state index in [1.165, 1.54) is 115 Å². The van der Waals surface area contributed by atoms with Gasteiger partial charge in [0.15, 0.2) is 0 Å². The zero-order valence-corrected chi connectivity index (χ0v) is 41.4. The average Bonchev–Trinajstić information content (AvgIpc) is 3.76. The molecule has 3 heterocycles. The molecule has 2 aliphatic rings. The van der Waals surface area contributed by atoms with Crippen LogP contribution in [0.5, 0.6) is 0 Å². The van der Waals surface area contributed by atoms with Gasteiger partial charge in [-0.25, -0.2) is 0 Å². The Morgan fingerprint density at radius 3 is 1.50 bits per heavy atom. The highest BCUT2D eigenvalue weighted by atomic mass is 32.1. The summed E-state index contributed by atoms with van der Waals surface area (Å²) >= 11 is 1.97. The standard InChI is InChI=1S/C66H53BN2S/c1-65(2,3)49-30-36-60-55(40-49)63-64(70-60)67-56-35-29-50(66(4,5)6)41-57(56)68(51-33-27-45(28-34-51)61-53-23-15-13-21-46(53)37-47-22-14-16-24-54(47)61)58-38-48(43-19-11-8-12-20-43)39-59(62(58)67)69(63)52-31-25-44(26-32-52)42-17-9-7-10-18-42/h7-41H,1-6H3. The topological polar surface area (TPSA) is 6.48 Å². The van der Waals surface area contributed by atoms with Crippen molar-refractivity contribution in [1.82, 2.24) is 0 Å². The van der Waals surface area contributed by atoms with Crippen molar-refractivity contribution in [2.75, 3.05) is 9.80 Å². The van der Waals surface area contributed by atoms with Gasteiger partial charge in [0, 0.05) is 43.3 Å². The van der Waals surface area contributed by atoms with Gasteiger partial charge < -0.3 is 9.80 Å². The zero-order valence-electron chi connectivity index (χ0n) is 40.6. The van der Waals surface area contributed by atoms with Gasteiger partial charge in [0.05, 0.1) is 5.69 Å². The molecule has 336 valence electrons. The quantitative estimate of drug-likeness (QED) is 0.125. The fourth-order valence-electron chi connectivity index (χ4n) is 11.3. The van der Waals surface area contributed by atoms with Crippen LogP contribution in [-0.4, -0.2) is 6.71 Å². The second-order valence-electron chi connectivity index (χ2n) is 21.4.